The van der Waals surface area contributed by atoms with Crippen molar-refractivity contribution in [1.82, 2.24) is 9.55 Å². The van der Waals surface area contributed by atoms with E-state index < -0.39 is 10.8 Å². The average Bonchev–Trinajstić information content (AvgIpc) is 2.65. The first kappa shape index (κ1) is 11.6. The van der Waals surface area contributed by atoms with Crippen molar-refractivity contribution in [2.24, 2.45) is 0 Å². The van der Waals surface area contributed by atoms with Gasteiger partial charge in [-0.3, -0.25) is 4.21 Å². The Morgan fingerprint density at radius 2 is 2.11 bits per heavy atom. The maximum absolute atomic E-state index is 13.1. The Morgan fingerprint density at radius 1 is 1.39 bits per heavy atom. The second-order valence-corrected chi connectivity index (χ2v) is 6.25. The van der Waals surface area contributed by atoms with Gasteiger partial charge in [0.05, 0.1) is 11.0 Å². The average molecular weight is 267 g/mol. The SMILES string of the molecule is Nc1nc2cc(F)ccc2n1C1CCS(=O)CC1. The highest BCUT2D eigenvalue weighted by Crippen LogP contribution is 2.29. The number of hydrogen-bond donors (Lipinski definition) is 1. The van der Waals surface area contributed by atoms with E-state index in [0.29, 0.717) is 23.0 Å². The van der Waals surface area contributed by atoms with Crippen molar-refractivity contribution in [1.29, 1.82) is 0 Å². The van der Waals surface area contributed by atoms with Gasteiger partial charge in [-0.2, -0.15) is 0 Å². The zero-order chi connectivity index (χ0) is 12.7. The Kier molecular flexibility index (Phi) is 2.81. The predicted octanol–water partition coefficient (Wildman–Crippen LogP) is 1.84. The van der Waals surface area contributed by atoms with E-state index >= 15 is 0 Å². The number of anilines is 1. The van der Waals surface area contributed by atoms with Gasteiger partial charge in [-0.05, 0) is 25.0 Å². The summed E-state index contributed by atoms with van der Waals surface area (Å²) in [5, 5.41) is 0. The molecule has 1 aliphatic rings. The van der Waals surface area contributed by atoms with E-state index in [1.807, 2.05) is 4.57 Å². The van der Waals surface area contributed by atoms with Gasteiger partial charge < -0.3 is 10.3 Å². The van der Waals surface area contributed by atoms with Crippen LogP contribution in [0.3, 0.4) is 0 Å². The fraction of sp³-hybridized carbons (Fsp3) is 0.417. The Morgan fingerprint density at radius 3 is 2.83 bits per heavy atom. The van der Waals surface area contributed by atoms with Crippen LogP contribution < -0.4 is 5.73 Å². The van der Waals surface area contributed by atoms with Gasteiger partial charge in [-0.1, -0.05) is 0 Å². The zero-order valence-corrected chi connectivity index (χ0v) is 10.6. The van der Waals surface area contributed by atoms with E-state index in [1.54, 1.807) is 6.07 Å². The van der Waals surface area contributed by atoms with Crippen LogP contribution in [0, 0.1) is 5.82 Å². The van der Waals surface area contributed by atoms with Crippen LogP contribution in [0.4, 0.5) is 10.3 Å². The van der Waals surface area contributed by atoms with Crippen molar-refractivity contribution in [2.45, 2.75) is 18.9 Å². The minimum Gasteiger partial charge on any atom is -0.369 e. The molecular weight excluding hydrogens is 253 g/mol. The molecule has 0 bridgehead atoms. The lowest BCUT2D eigenvalue weighted by Gasteiger charge is -2.24. The Hall–Kier alpha value is -1.43. The monoisotopic (exact) mass is 267 g/mol. The van der Waals surface area contributed by atoms with E-state index in [1.165, 1.54) is 12.1 Å². The molecule has 1 saturated heterocycles. The summed E-state index contributed by atoms with van der Waals surface area (Å²) in [5.74, 6) is 1.50. The summed E-state index contributed by atoms with van der Waals surface area (Å²) < 4.78 is 26.5. The number of nitrogens with zero attached hydrogens (tertiary/aromatic N) is 2. The van der Waals surface area contributed by atoms with Crippen molar-refractivity contribution in [3.63, 3.8) is 0 Å². The fourth-order valence-electron chi connectivity index (χ4n) is 2.51. The molecule has 1 aliphatic heterocycles. The van der Waals surface area contributed by atoms with Crippen molar-refractivity contribution in [2.75, 3.05) is 17.2 Å². The zero-order valence-electron chi connectivity index (χ0n) is 9.80. The van der Waals surface area contributed by atoms with Gasteiger partial charge in [-0.15, -0.1) is 0 Å². The van der Waals surface area contributed by atoms with Crippen LogP contribution >= 0.6 is 0 Å². The Balaban J connectivity index is 2.05. The summed E-state index contributed by atoms with van der Waals surface area (Å²) in [4.78, 5) is 4.19. The molecule has 3 rings (SSSR count). The number of nitrogen functional groups attached to an aromatic ring is 1. The van der Waals surface area contributed by atoms with Gasteiger partial charge in [0.1, 0.15) is 5.82 Å². The highest BCUT2D eigenvalue weighted by atomic mass is 32.2. The molecule has 1 aromatic heterocycles. The van der Waals surface area contributed by atoms with Gasteiger partial charge in [0.15, 0.2) is 0 Å². The lowest BCUT2D eigenvalue weighted by molar-refractivity contribution is 0.478. The topological polar surface area (TPSA) is 60.9 Å². The summed E-state index contributed by atoms with van der Waals surface area (Å²) in [6.07, 6.45) is 1.67. The standard InChI is InChI=1S/C12H14FN3OS/c13-8-1-2-11-10(7-8)15-12(14)16(11)9-3-5-18(17)6-4-9/h1-2,7,9H,3-6H2,(H2,14,15). The maximum atomic E-state index is 13.1. The van der Waals surface area contributed by atoms with Crippen LogP contribution in [-0.2, 0) is 10.8 Å². The first-order valence-corrected chi connectivity index (χ1v) is 7.42. The van der Waals surface area contributed by atoms with Crippen LogP contribution in [0.25, 0.3) is 11.0 Å². The normalized spacial score (nSPS) is 24.5. The van der Waals surface area contributed by atoms with Crippen molar-refractivity contribution in [3.05, 3.63) is 24.0 Å². The van der Waals surface area contributed by atoms with Crippen molar-refractivity contribution >= 4 is 27.8 Å². The number of rotatable bonds is 1. The lowest BCUT2D eigenvalue weighted by atomic mass is 10.1. The summed E-state index contributed by atoms with van der Waals surface area (Å²) in [7, 11) is -0.701. The molecule has 6 heteroatoms. The van der Waals surface area contributed by atoms with Crippen LogP contribution in [0.5, 0.6) is 0 Å². The molecule has 2 N–H and O–H groups in total. The van der Waals surface area contributed by atoms with E-state index in [-0.39, 0.29) is 11.9 Å². The van der Waals surface area contributed by atoms with Crippen LogP contribution in [0.15, 0.2) is 18.2 Å². The fourth-order valence-corrected chi connectivity index (χ4v) is 3.79. The molecule has 1 aromatic carbocycles. The number of nitrogens with two attached hydrogens (primary N) is 1. The quantitative estimate of drug-likeness (QED) is 0.857. The smallest absolute Gasteiger partial charge is 0.201 e. The number of halogens is 1. The first-order valence-electron chi connectivity index (χ1n) is 5.93. The molecule has 0 radical (unpaired) electrons. The van der Waals surface area contributed by atoms with E-state index in [4.69, 9.17) is 5.73 Å². The molecule has 0 spiro atoms. The minimum absolute atomic E-state index is 0.221. The molecule has 18 heavy (non-hydrogen) atoms. The highest BCUT2D eigenvalue weighted by Gasteiger charge is 2.23. The number of hydrogen-bond acceptors (Lipinski definition) is 3. The molecule has 2 aromatic rings. The molecule has 2 heterocycles. The van der Waals surface area contributed by atoms with Gasteiger partial charge in [-0.25, -0.2) is 9.37 Å². The molecule has 4 nitrogen and oxygen atoms in total. The van der Waals surface area contributed by atoms with Gasteiger partial charge in [0, 0.05) is 34.4 Å². The van der Waals surface area contributed by atoms with Crippen molar-refractivity contribution in [3.8, 4) is 0 Å². The molecule has 96 valence electrons. The second-order valence-electron chi connectivity index (χ2n) is 4.55. The largest absolute Gasteiger partial charge is 0.369 e. The van der Waals surface area contributed by atoms with Gasteiger partial charge in [0.25, 0.3) is 0 Å². The van der Waals surface area contributed by atoms with Crippen LogP contribution in [-0.4, -0.2) is 25.3 Å². The van der Waals surface area contributed by atoms with Crippen LogP contribution in [0.1, 0.15) is 18.9 Å². The third-order valence-electron chi connectivity index (χ3n) is 3.40. The molecule has 0 atom stereocenters. The molecule has 0 amide bonds. The molecule has 0 saturated carbocycles. The van der Waals surface area contributed by atoms with Crippen molar-refractivity contribution < 1.29 is 8.60 Å². The van der Waals surface area contributed by atoms with E-state index in [2.05, 4.69) is 4.98 Å². The van der Waals surface area contributed by atoms with E-state index in [9.17, 15) is 8.60 Å². The molecular formula is C12H14FN3OS. The minimum atomic E-state index is -0.701. The maximum Gasteiger partial charge on any atom is 0.201 e. The first-order chi connectivity index (χ1) is 8.65. The number of benzene rings is 1. The van der Waals surface area contributed by atoms with Gasteiger partial charge in [0.2, 0.25) is 5.95 Å². The highest BCUT2D eigenvalue weighted by molar-refractivity contribution is 7.85. The second kappa shape index (κ2) is 4.35. The molecule has 0 unspecified atom stereocenters. The van der Waals surface area contributed by atoms with E-state index in [0.717, 1.165) is 18.4 Å². The lowest BCUT2D eigenvalue weighted by Crippen LogP contribution is -2.22. The molecule has 1 fully saturated rings. The summed E-state index contributed by atoms with van der Waals surface area (Å²) >= 11 is 0. The van der Waals surface area contributed by atoms with Crippen LogP contribution in [0.2, 0.25) is 0 Å². The Labute approximate surface area is 106 Å². The summed E-state index contributed by atoms with van der Waals surface area (Å²) in [6.45, 7) is 0. The summed E-state index contributed by atoms with van der Waals surface area (Å²) in [6, 6.07) is 4.74. The number of fused-ring (bicyclic) bond motifs is 1. The third-order valence-corrected chi connectivity index (χ3v) is 4.78. The van der Waals surface area contributed by atoms with Gasteiger partial charge >= 0.3 is 0 Å². The number of aromatic nitrogens is 2. The Bertz CT molecular complexity index is 615. The number of imidazole rings is 1. The third kappa shape index (κ3) is 1.90. The molecule has 0 aliphatic carbocycles. The predicted molar refractivity (Wildman–Crippen MR) is 70.3 cm³/mol. The summed E-state index contributed by atoms with van der Waals surface area (Å²) in [5.41, 5.74) is 7.36.